The lowest BCUT2D eigenvalue weighted by atomic mass is 10.0. The molecule has 4 heteroatoms. The van der Waals surface area contributed by atoms with Crippen molar-refractivity contribution in [1.29, 1.82) is 0 Å². The molecule has 1 N–H and O–H groups in total. The first-order valence-corrected chi connectivity index (χ1v) is 9.48. The summed E-state index contributed by atoms with van der Waals surface area (Å²) in [7, 11) is 0. The fourth-order valence-electron chi connectivity index (χ4n) is 3.58. The molecule has 1 heterocycles. The fraction of sp³-hybridized carbons (Fsp3) is 0.409. The summed E-state index contributed by atoms with van der Waals surface area (Å²) in [4.78, 5) is 14.9. The van der Waals surface area contributed by atoms with Crippen molar-refractivity contribution >= 4 is 5.91 Å². The van der Waals surface area contributed by atoms with Crippen LogP contribution >= 0.6 is 0 Å². The Morgan fingerprint density at radius 3 is 2.35 bits per heavy atom. The Bertz CT molecular complexity index is 721. The summed E-state index contributed by atoms with van der Waals surface area (Å²) in [5, 5.41) is 2.95. The molecule has 3 nitrogen and oxygen atoms in total. The fourth-order valence-corrected chi connectivity index (χ4v) is 3.58. The van der Waals surface area contributed by atoms with E-state index in [1.807, 2.05) is 0 Å². The number of nitrogens with zero attached hydrogens (tertiary/aromatic N) is 1. The first-order chi connectivity index (χ1) is 12.6. The number of amides is 1. The van der Waals surface area contributed by atoms with E-state index in [2.05, 4.69) is 41.4 Å². The van der Waals surface area contributed by atoms with Gasteiger partial charge in [-0.25, -0.2) is 4.39 Å². The van der Waals surface area contributed by atoms with E-state index in [0.29, 0.717) is 6.54 Å². The van der Waals surface area contributed by atoms with Crippen LogP contribution in [0.5, 0.6) is 0 Å². The largest absolute Gasteiger partial charge is 0.350 e. The van der Waals surface area contributed by atoms with E-state index in [1.54, 1.807) is 12.1 Å². The van der Waals surface area contributed by atoms with E-state index in [1.165, 1.54) is 48.9 Å². The molecular weight excluding hydrogens is 327 g/mol. The quantitative estimate of drug-likeness (QED) is 0.858. The molecule has 26 heavy (non-hydrogen) atoms. The monoisotopic (exact) mass is 354 g/mol. The summed E-state index contributed by atoms with van der Waals surface area (Å²) in [6.07, 6.45) is 4.89. The Morgan fingerprint density at radius 2 is 1.69 bits per heavy atom. The normalized spacial score (nSPS) is 16.7. The summed E-state index contributed by atoms with van der Waals surface area (Å²) in [5.41, 5.74) is 2.52. The Labute approximate surface area is 155 Å². The number of halogens is 1. The van der Waals surface area contributed by atoms with Gasteiger partial charge in [-0.1, -0.05) is 54.8 Å². The van der Waals surface area contributed by atoms with E-state index in [-0.39, 0.29) is 17.5 Å². The molecule has 1 atom stereocenters. The number of likely N-dealkylation sites (tertiary alicyclic amines) is 1. The maximum atomic E-state index is 13.9. The van der Waals surface area contributed by atoms with Gasteiger partial charge >= 0.3 is 0 Å². The van der Waals surface area contributed by atoms with Gasteiger partial charge in [-0.3, -0.25) is 9.69 Å². The topological polar surface area (TPSA) is 32.3 Å². The standard InChI is InChI=1S/C22H27FN2O/c1-17-10-12-18(13-11-17)21(25-14-6-2-3-7-15-25)16-24-22(26)19-8-4-5-9-20(19)23/h4-5,8-13,21H,2-3,6-7,14-16H2,1H3,(H,24,26)/t21-/m0/s1. The zero-order valence-corrected chi connectivity index (χ0v) is 15.4. The highest BCUT2D eigenvalue weighted by molar-refractivity contribution is 5.94. The molecule has 138 valence electrons. The molecule has 2 aromatic carbocycles. The highest BCUT2D eigenvalue weighted by Crippen LogP contribution is 2.24. The highest BCUT2D eigenvalue weighted by Gasteiger charge is 2.23. The van der Waals surface area contributed by atoms with Crippen molar-refractivity contribution in [3.05, 3.63) is 71.0 Å². The van der Waals surface area contributed by atoms with Gasteiger partial charge in [0, 0.05) is 6.54 Å². The minimum atomic E-state index is -0.480. The van der Waals surface area contributed by atoms with Gasteiger partial charge in [0.25, 0.3) is 5.91 Å². The lowest BCUT2D eigenvalue weighted by molar-refractivity contribution is 0.0929. The molecule has 0 bridgehead atoms. The molecule has 2 aromatic rings. The van der Waals surface area contributed by atoms with Gasteiger partial charge in [0.15, 0.2) is 0 Å². The second-order valence-corrected chi connectivity index (χ2v) is 7.07. The number of rotatable bonds is 5. The summed E-state index contributed by atoms with van der Waals surface area (Å²) < 4.78 is 13.9. The van der Waals surface area contributed by atoms with Crippen LogP contribution in [0.4, 0.5) is 4.39 Å². The van der Waals surface area contributed by atoms with Crippen molar-refractivity contribution in [2.24, 2.45) is 0 Å². The average molecular weight is 354 g/mol. The van der Waals surface area contributed by atoms with Crippen molar-refractivity contribution in [3.8, 4) is 0 Å². The van der Waals surface area contributed by atoms with Crippen LogP contribution in [0.15, 0.2) is 48.5 Å². The van der Waals surface area contributed by atoms with Crippen LogP contribution in [0.3, 0.4) is 0 Å². The van der Waals surface area contributed by atoms with Crippen molar-refractivity contribution < 1.29 is 9.18 Å². The maximum absolute atomic E-state index is 13.9. The lowest BCUT2D eigenvalue weighted by Gasteiger charge is -2.31. The molecule has 0 aliphatic carbocycles. The molecule has 1 aliphatic rings. The van der Waals surface area contributed by atoms with Crippen molar-refractivity contribution in [3.63, 3.8) is 0 Å². The second-order valence-electron chi connectivity index (χ2n) is 7.07. The third-order valence-corrected chi connectivity index (χ3v) is 5.12. The minimum absolute atomic E-state index is 0.103. The zero-order chi connectivity index (χ0) is 18.4. The summed E-state index contributed by atoms with van der Waals surface area (Å²) in [6, 6.07) is 14.7. The molecule has 3 rings (SSSR count). The highest BCUT2D eigenvalue weighted by atomic mass is 19.1. The lowest BCUT2D eigenvalue weighted by Crippen LogP contribution is -2.38. The molecule has 0 unspecified atom stereocenters. The van der Waals surface area contributed by atoms with Crippen LogP contribution in [-0.4, -0.2) is 30.4 Å². The van der Waals surface area contributed by atoms with E-state index in [4.69, 9.17) is 0 Å². The van der Waals surface area contributed by atoms with Crippen molar-refractivity contribution in [2.75, 3.05) is 19.6 Å². The van der Waals surface area contributed by atoms with Gasteiger partial charge in [-0.05, 0) is 50.6 Å². The summed E-state index contributed by atoms with van der Waals surface area (Å²) >= 11 is 0. The number of hydrogen-bond donors (Lipinski definition) is 1. The Hall–Kier alpha value is -2.20. The number of hydrogen-bond acceptors (Lipinski definition) is 2. The van der Waals surface area contributed by atoms with Gasteiger partial charge in [-0.2, -0.15) is 0 Å². The van der Waals surface area contributed by atoms with Crippen LogP contribution < -0.4 is 5.32 Å². The first kappa shape index (κ1) is 18.6. The van der Waals surface area contributed by atoms with Gasteiger partial charge in [0.2, 0.25) is 0 Å². The predicted molar refractivity (Wildman–Crippen MR) is 103 cm³/mol. The van der Waals surface area contributed by atoms with Crippen molar-refractivity contribution in [1.82, 2.24) is 10.2 Å². The number of nitrogens with one attached hydrogen (secondary N) is 1. The third kappa shape index (κ3) is 4.70. The summed E-state index contributed by atoms with van der Waals surface area (Å²) in [5.74, 6) is -0.832. The second kappa shape index (κ2) is 8.95. The Kier molecular flexibility index (Phi) is 6.40. The van der Waals surface area contributed by atoms with Crippen LogP contribution in [0.25, 0.3) is 0 Å². The number of carbonyl (C=O) groups is 1. The van der Waals surface area contributed by atoms with Gasteiger partial charge < -0.3 is 5.32 Å². The van der Waals surface area contributed by atoms with Crippen LogP contribution in [0, 0.1) is 12.7 Å². The van der Waals surface area contributed by atoms with E-state index in [9.17, 15) is 9.18 Å². The van der Waals surface area contributed by atoms with Crippen LogP contribution in [0.2, 0.25) is 0 Å². The average Bonchev–Trinajstić information content (AvgIpc) is 2.93. The third-order valence-electron chi connectivity index (χ3n) is 5.12. The van der Waals surface area contributed by atoms with Crippen LogP contribution in [-0.2, 0) is 0 Å². The van der Waals surface area contributed by atoms with Gasteiger partial charge in [0.1, 0.15) is 5.82 Å². The first-order valence-electron chi connectivity index (χ1n) is 9.48. The predicted octanol–water partition coefficient (Wildman–Crippen LogP) is 4.48. The Morgan fingerprint density at radius 1 is 1.04 bits per heavy atom. The number of carbonyl (C=O) groups excluding carboxylic acids is 1. The molecular formula is C22H27FN2O. The molecule has 0 radical (unpaired) electrons. The molecule has 0 saturated carbocycles. The summed E-state index contributed by atoms with van der Waals surface area (Å²) in [6.45, 7) is 4.63. The Balaban J connectivity index is 1.75. The van der Waals surface area contributed by atoms with E-state index < -0.39 is 5.82 Å². The molecule has 1 saturated heterocycles. The SMILES string of the molecule is Cc1ccc([C@H](CNC(=O)c2ccccc2F)N2CCCCCC2)cc1. The zero-order valence-electron chi connectivity index (χ0n) is 15.4. The van der Waals surface area contributed by atoms with Crippen LogP contribution in [0.1, 0.15) is 53.2 Å². The number of benzene rings is 2. The van der Waals surface area contributed by atoms with Gasteiger partial charge in [-0.15, -0.1) is 0 Å². The number of aryl methyl sites for hydroxylation is 1. The van der Waals surface area contributed by atoms with E-state index >= 15 is 0 Å². The maximum Gasteiger partial charge on any atom is 0.254 e. The minimum Gasteiger partial charge on any atom is -0.350 e. The molecule has 1 amide bonds. The van der Waals surface area contributed by atoms with Gasteiger partial charge in [0.05, 0.1) is 11.6 Å². The molecule has 1 aliphatic heterocycles. The molecule has 0 aromatic heterocycles. The van der Waals surface area contributed by atoms with Crippen molar-refractivity contribution in [2.45, 2.75) is 38.6 Å². The molecule has 1 fully saturated rings. The smallest absolute Gasteiger partial charge is 0.254 e. The molecule has 0 spiro atoms. The van der Waals surface area contributed by atoms with E-state index in [0.717, 1.165) is 13.1 Å².